The molecule has 0 spiro atoms. The van der Waals surface area contributed by atoms with Gasteiger partial charge in [0.25, 0.3) is 0 Å². The highest BCUT2D eigenvalue weighted by atomic mass is 33.1. The second-order valence-electron chi connectivity index (χ2n) is 7.29. The average Bonchev–Trinajstić information content (AvgIpc) is 2.53. The molecule has 0 saturated heterocycles. The number of hydrogen-bond acceptors (Lipinski definition) is 5. The van der Waals surface area contributed by atoms with Crippen LogP contribution < -0.4 is 4.74 Å². The smallest absolute Gasteiger partial charge is 0.234 e. The van der Waals surface area contributed by atoms with Crippen LogP contribution in [-0.4, -0.2) is 26.7 Å². The van der Waals surface area contributed by atoms with Gasteiger partial charge in [0.2, 0.25) is 8.87 Å². The summed E-state index contributed by atoms with van der Waals surface area (Å²) < 4.78 is 31.3. The lowest BCUT2D eigenvalue weighted by molar-refractivity contribution is 0.200. The third kappa shape index (κ3) is 5.02. The molecule has 0 aliphatic heterocycles. The maximum Gasteiger partial charge on any atom is 0.234 e. The summed E-state index contributed by atoms with van der Waals surface area (Å²) in [6.07, 6.45) is 0. The van der Waals surface area contributed by atoms with Gasteiger partial charge in [-0.05, 0) is 54.7 Å². The molecule has 2 rings (SSSR count). The number of ether oxygens (including phenoxy) is 1. The number of benzene rings is 2. The Balaban J connectivity index is 2.47. The van der Waals surface area contributed by atoms with Crippen LogP contribution in [0.25, 0.3) is 0 Å². The lowest BCUT2D eigenvalue weighted by Crippen LogP contribution is -2.14. The topological polar surface area (TPSA) is 63.6 Å². The lowest BCUT2D eigenvalue weighted by Gasteiger charge is -2.24. The number of aliphatic hydroxyl groups is 1. The van der Waals surface area contributed by atoms with Gasteiger partial charge in [0.15, 0.2) is 0 Å². The SMILES string of the molecule is Cc1ccc(S(=O)(=O)Sc2cc(C)c(OCCO)cc2C(C)(C)C)cc1. The molecule has 0 atom stereocenters. The molecular weight excluding hydrogens is 368 g/mol. The molecule has 2 aromatic rings. The van der Waals surface area contributed by atoms with Gasteiger partial charge in [-0.25, -0.2) is 8.42 Å². The Bertz CT molecular complexity index is 864. The van der Waals surface area contributed by atoms with Crippen LogP contribution in [0.15, 0.2) is 46.2 Å². The zero-order valence-corrected chi connectivity index (χ0v) is 17.5. The van der Waals surface area contributed by atoms with Crippen molar-refractivity contribution in [2.24, 2.45) is 0 Å². The first-order valence-electron chi connectivity index (χ1n) is 8.44. The van der Waals surface area contributed by atoms with Crippen LogP contribution in [0.2, 0.25) is 0 Å². The van der Waals surface area contributed by atoms with Gasteiger partial charge in [0, 0.05) is 15.7 Å². The van der Waals surface area contributed by atoms with E-state index in [0.717, 1.165) is 27.5 Å². The Labute approximate surface area is 159 Å². The number of hydrogen-bond donors (Lipinski definition) is 1. The van der Waals surface area contributed by atoms with Crippen molar-refractivity contribution in [3.05, 3.63) is 53.1 Å². The molecule has 0 aliphatic carbocycles. The normalized spacial score (nSPS) is 12.2. The third-order valence-corrected chi connectivity index (χ3v) is 7.30. The zero-order chi connectivity index (χ0) is 19.5. The van der Waals surface area contributed by atoms with Crippen LogP contribution in [0, 0.1) is 13.8 Å². The molecule has 0 heterocycles. The Hall–Kier alpha value is -1.50. The van der Waals surface area contributed by atoms with Crippen molar-refractivity contribution in [2.75, 3.05) is 13.2 Å². The maximum atomic E-state index is 12.9. The monoisotopic (exact) mass is 394 g/mol. The molecule has 0 aromatic heterocycles. The first kappa shape index (κ1) is 20.8. The van der Waals surface area contributed by atoms with Gasteiger partial charge in [-0.3, -0.25) is 0 Å². The van der Waals surface area contributed by atoms with Gasteiger partial charge < -0.3 is 9.84 Å². The molecule has 0 bridgehead atoms. The summed E-state index contributed by atoms with van der Waals surface area (Å²) in [7, 11) is -2.65. The fourth-order valence-electron chi connectivity index (χ4n) is 2.50. The molecule has 142 valence electrons. The van der Waals surface area contributed by atoms with Crippen LogP contribution in [0.4, 0.5) is 0 Å². The molecule has 4 nitrogen and oxygen atoms in total. The Morgan fingerprint density at radius 1 is 1.08 bits per heavy atom. The Morgan fingerprint density at radius 2 is 1.69 bits per heavy atom. The van der Waals surface area contributed by atoms with E-state index in [1.165, 1.54) is 0 Å². The van der Waals surface area contributed by atoms with Gasteiger partial charge in [-0.2, -0.15) is 0 Å². The first-order chi connectivity index (χ1) is 12.0. The van der Waals surface area contributed by atoms with Crippen molar-refractivity contribution < 1.29 is 18.3 Å². The standard InChI is InChI=1S/C20H26O4S2/c1-14-6-8-16(9-7-14)26(22,23)25-19-12-15(2)18(24-11-10-21)13-17(19)20(3,4)5/h6-9,12-13,21H,10-11H2,1-5H3. The summed E-state index contributed by atoms with van der Waals surface area (Å²) in [5.41, 5.74) is 2.51. The highest BCUT2D eigenvalue weighted by molar-refractivity contribution is 8.72. The van der Waals surface area contributed by atoms with E-state index in [0.29, 0.717) is 15.5 Å². The van der Waals surface area contributed by atoms with E-state index in [2.05, 4.69) is 0 Å². The molecule has 0 radical (unpaired) electrons. The molecule has 0 aliphatic rings. The molecule has 6 heteroatoms. The fourth-order valence-corrected chi connectivity index (χ4v) is 5.73. The van der Waals surface area contributed by atoms with E-state index >= 15 is 0 Å². The van der Waals surface area contributed by atoms with E-state index in [9.17, 15) is 8.42 Å². The van der Waals surface area contributed by atoms with Crippen molar-refractivity contribution in [3.8, 4) is 5.75 Å². The van der Waals surface area contributed by atoms with Crippen molar-refractivity contribution in [3.63, 3.8) is 0 Å². The van der Waals surface area contributed by atoms with Gasteiger partial charge >= 0.3 is 0 Å². The molecule has 1 N–H and O–H groups in total. The Kier molecular flexibility index (Phi) is 6.42. The fraction of sp³-hybridized carbons (Fsp3) is 0.400. The summed E-state index contributed by atoms with van der Waals surface area (Å²) in [4.78, 5) is 0.998. The van der Waals surface area contributed by atoms with Crippen LogP contribution in [0.3, 0.4) is 0 Å². The van der Waals surface area contributed by atoms with E-state index in [1.54, 1.807) is 24.3 Å². The van der Waals surface area contributed by atoms with E-state index in [4.69, 9.17) is 9.84 Å². The quantitative estimate of drug-likeness (QED) is 0.733. The van der Waals surface area contributed by atoms with Crippen molar-refractivity contribution in [1.29, 1.82) is 0 Å². The van der Waals surface area contributed by atoms with Crippen molar-refractivity contribution >= 4 is 19.7 Å². The Morgan fingerprint density at radius 3 is 2.23 bits per heavy atom. The van der Waals surface area contributed by atoms with Gasteiger partial charge in [-0.1, -0.05) is 38.5 Å². The molecule has 26 heavy (non-hydrogen) atoms. The van der Waals surface area contributed by atoms with E-state index in [-0.39, 0.29) is 18.6 Å². The number of aliphatic hydroxyl groups excluding tert-OH is 1. The summed E-state index contributed by atoms with van der Waals surface area (Å²) in [6, 6.07) is 10.6. The molecular formula is C20H26O4S2. The van der Waals surface area contributed by atoms with Crippen LogP contribution in [0.1, 0.15) is 37.5 Å². The minimum Gasteiger partial charge on any atom is -0.491 e. The summed E-state index contributed by atoms with van der Waals surface area (Å²) >= 11 is 0. The minimum absolute atomic E-state index is 0.0669. The predicted octanol–water partition coefficient (Wildman–Crippen LogP) is 4.45. The minimum atomic E-state index is -3.52. The second kappa shape index (κ2) is 8.03. The highest BCUT2D eigenvalue weighted by Crippen LogP contribution is 2.41. The average molecular weight is 395 g/mol. The van der Waals surface area contributed by atoms with Gasteiger partial charge in [0.05, 0.1) is 11.5 Å². The number of rotatable bonds is 6. The van der Waals surface area contributed by atoms with Gasteiger partial charge in [-0.15, -0.1) is 0 Å². The number of aryl methyl sites for hydroxylation is 2. The molecule has 0 fully saturated rings. The first-order valence-corrected chi connectivity index (χ1v) is 11.3. The zero-order valence-electron chi connectivity index (χ0n) is 15.9. The van der Waals surface area contributed by atoms with Crippen LogP contribution in [-0.2, 0) is 14.3 Å². The van der Waals surface area contributed by atoms with Crippen LogP contribution in [0.5, 0.6) is 5.75 Å². The van der Waals surface area contributed by atoms with E-state index < -0.39 is 8.87 Å². The maximum absolute atomic E-state index is 12.9. The molecule has 0 saturated carbocycles. The predicted molar refractivity (Wildman–Crippen MR) is 107 cm³/mol. The third-order valence-electron chi connectivity index (χ3n) is 3.94. The summed E-state index contributed by atoms with van der Waals surface area (Å²) in [6.45, 7) is 10.1. The molecule has 2 aromatic carbocycles. The van der Waals surface area contributed by atoms with Crippen molar-refractivity contribution in [2.45, 2.75) is 49.8 Å². The lowest BCUT2D eigenvalue weighted by atomic mass is 9.86. The van der Waals surface area contributed by atoms with Crippen LogP contribution >= 0.6 is 10.8 Å². The largest absolute Gasteiger partial charge is 0.491 e. The summed E-state index contributed by atoms with van der Waals surface area (Å²) in [5, 5.41) is 8.99. The molecule has 0 unspecified atom stereocenters. The molecule has 0 amide bonds. The highest BCUT2D eigenvalue weighted by Gasteiger charge is 2.25. The van der Waals surface area contributed by atoms with Gasteiger partial charge in [0.1, 0.15) is 12.4 Å². The summed E-state index contributed by atoms with van der Waals surface area (Å²) in [5.74, 6) is 0.668. The second-order valence-corrected chi connectivity index (χ2v) is 11.1. The van der Waals surface area contributed by atoms with Crippen molar-refractivity contribution in [1.82, 2.24) is 0 Å². The van der Waals surface area contributed by atoms with E-state index in [1.807, 2.05) is 46.8 Å².